The third-order valence-corrected chi connectivity index (χ3v) is 6.75. The van der Waals surface area contributed by atoms with Crippen LogP contribution in [0.1, 0.15) is 43.7 Å². The molecule has 4 aliphatic rings. The Labute approximate surface area is 141 Å². The second-order valence-corrected chi connectivity index (χ2v) is 8.41. The third-order valence-electron chi connectivity index (χ3n) is 6.49. The first-order valence-corrected chi connectivity index (χ1v) is 9.26. The Morgan fingerprint density at radius 1 is 0.957 bits per heavy atom. The zero-order valence-electron chi connectivity index (χ0n) is 13.2. The highest BCUT2D eigenvalue weighted by Gasteiger charge is 2.50. The van der Waals surface area contributed by atoms with Crippen molar-refractivity contribution in [3.8, 4) is 5.88 Å². The second kappa shape index (κ2) is 5.07. The van der Waals surface area contributed by atoms with Crippen molar-refractivity contribution in [3.05, 3.63) is 41.0 Å². The zero-order chi connectivity index (χ0) is 15.6. The van der Waals surface area contributed by atoms with Crippen LogP contribution in [-0.2, 0) is 6.54 Å². The Kier molecular flexibility index (Phi) is 3.09. The number of hydrogen-bond acceptors (Lipinski definition) is 1. The predicted molar refractivity (Wildman–Crippen MR) is 90.7 cm³/mol. The molecule has 2 aromatic rings. The van der Waals surface area contributed by atoms with Gasteiger partial charge in [-0.1, -0.05) is 23.7 Å². The third kappa shape index (κ3) is 2.24. The van der Waals surface area contributed by atoms with Gasteiger partial charge >= 0.3 is 0 Å². The largest absolute Gasteiger partial charge is 0.492 e. The van der Waals surface area contributed by atoms with E-state index in [0.717, 1.165) is 35.2 Å². The summed E-state index contributed by atoms with van der Waals surface area (Å²) in [7, 11) is 0. The molecule has 6 rings (SSSR count). The van der Waals surface area contributed by atoms with Crippen LogP contribution in [0, 0.1) is 23.7 Å². The first-order valence-electron chi connectivity index (χ1n) is 8.88. The maximum Gasteiger partial charge on any atom is 0.224 e. The number of benzene rings is 1. The van der Waals surface area contributed by atoms with Crippen molar-refractivity contribution in [1.82, 2.24) is 9.36 Å². The SMILES string of the molecule is Oc1cn(Cc2ccc(Cl)cc2)n1C1C2CC3CC(C2)CC1C3. The van der Waals surface area contributed by atoms with Crippen LogP contribution in [0.25, 0.3) is 0 Å². The average Bonchev–Trinajstić information content (AvgIpc) is 2.51. The van der Waals surface area contributed by atoms with Gasteiger partial charge in [-0.3, -0.25) is 4.68 Å². The van der Waals surface area contributed by atoms with Crippen molar-refractivity contribution in [1.29, 1.82) is 0 Å². The highest BCUT2D eigenvalue weighted by Crippen LogP contribution is 2.59. The Morgan fingerprint density at radius 2 is 1.57 bits per heavy atom. The summed E-state index contributed by atoms with van der Waals surface area (Å²) >= 11 is 5.98. The molecular weight excluding hydrogens is 308 g/mol. The minimum absolute atomic E-state index is 0.455. The molecule has 0 atom stereocenters. The molecule has 4 bridgehead atoms. The van der Waals surface area contributed by atoms with Gasteiger partial charge < -0.3 is 5.11 Å². The highest BCUT2D eigenvalue weighted by molar-refractivity contribution is 6.30. The summed E-state index contributed by atoms with van der Waals surface area (Å²) in [5, 5.41) is 11.1. The molecule has 3 nitrogen and oxygen atoms in total. The Balaban J connectivity index is 1.42. The van der Waals surface area contributed by atoms with Gasteiger partial charge in [0.25, 0.3) is 0 Å². The summed E-state index contributed by atoms with van der Waals surface area (Å²) in [4.78, 5) is 0. The van der Waals surface area contributed by atoms with Crippen LogP contribution in [-0.4, -0.2) is 14.5 Å². The van der Waals surface area contributed by atoms with Crippen LogP contribution >= 0.6 is 11.6 Å². The molecule has 4 fully saturated rings. The fourth-order valence-corrected chi connectivity index (χ4v) is 5.97. The van der Waals surface area contributed by atoms with Crippen LogP contribution in [0.4, 0.5) is 0 Å². The van der Waals surface area contributed by atoms with Crippen molar-refractivity contribution in [2.75, 3.05) is 0 Å². The maximum atomic E-state index is 10.3. The summed E-state index contributed by atoms with van der Waals surface area (Å²) in [6.07, 6.45) is 8.83. The van der Waals surface area contributed by atoms with Gasteiger partial charge in [0.1, 0.15) is 0 Å². The second-order valence-electron chi connectivity index (χ2n) is 7.98. The lowest BCUT2D eigenvalue weighted by Gasteiger charge is -2.55. The van der Waals surface area contributed by atoms with Crippen molar-refractivity contribution in [3.63, 3.8) is 0 Å². The van der Waals surface area contributed by atoms with E-state index in [9.17, 15) is 5.11 Å². The molecule has 122 valence electrons. The van der Waals surface area contributed by atoms with E-state index in [1.165, 1.54) is 37.7 Å². The number of hydrogen-bond donors (Lipinski definition) is 1. The van der Waals surface area contributed by atoms with Gasteiger partial charge in [0.05, 0.1) is 18.8 Å². The van der Waals surface area contributed by atoms with Crippen LogP contribution in [0.3, 0.4) is 0 Å². The molecular formula is C19H23ClN2O. The first kappa shape index (κ1) is 14.0. The average molecular weight is 331 g/mol. The summed E-state index contributed by atoms with van der Waals surface area (Å²) in [5.74, 6) is 3.93. The van der Waals surface area contributed by atoms with E-state index >= 15 is 0 Å². The molecule has 0 spiro atoms. The van der Waals surface area contributed by atoms with Gasteiger partial charge in [0, 0.05) is 5.02 Å². The maximum absolute atomic E-state index is 10.3. The number of aromatic hydroxyl groups is 1. The Hall–Kier alpha value is -1.35. The van der Waals surface area contributed by atoms with Crippen LogP contribution in [0.5, 0.6) is 5.88 Å². The van der Waals surface area contributed by atoms with Crippen molar-refractivity contribution >= 4 is 11.6 Å². The van der Waals surface area contributed by atoms with E-state index in [2.05, 4.69) is 21.5 Å². The molecule has 0 amide bonds. The Bertz CT molecular complexity index is 686. The zero-order valence-corrected chi connectivity index (χ0v) is 14.0. The molecule has 0 radical (unpaired) electrons. The van der Waals surface area contributed by atoms with Gasteiger partial charge in [-0.2, -0.15) is 0 Å². The van der Waals surface area contributed by atoms with Crippen molar-refractivity contribution in [2.45, 2.75) is 44.7 Å². The minimum Gasteiger partial charge on any atom is -0.492 e. The number of rotatable bonds is 3. The molecule has 1 N–H and O–H groups in total. The molecule has 4 heteroatoms. The van der Waals surface area contributed by atoms with E-state index in [-0.39, 0.29) is 0 Å². The highest BCUT2D eigenvalue weighted by atomic mass is 35.5. The van der Waals surface area contributed by atoms with Gasteiger partial charge in [0.15, 0.2) is 0 Å². The fraction of sp³-hybridized carbons (Fsp3) is 0.579. The molecule has 1 aromatic heterocycles. The summed E-state index contributed by atoms with van der Waals surface area (Å²) < 4.78 is 4.40. The van der Waals surface area contributed by atoms with E-state index in [1.54, 1.807) is 0 Å². The lowest BCUT2D eigenvalue weighted by Crippen LogP contribution is -2.48. The van der Waals surface area contributed by atoms with E-state index < -0.39 is 0 Å². The molecule has 1 heterocycles. The monoisotopic (exact) mass is 330 g/mol. The topological polar surface area (TPSA) is 30.1 Å². The lowest BCUT2D eigenvalue weighted by molar-refractivity contribution is -0.0450. The summed E-state index contributed by atoms with van der Waals surface area (Å²) in [6, 6.07) is 8.53. The summed E-state index contributed by atoms with van der Waals surface area (Å²) in [6.45, 7) is 0.810. The van der Waals surface area contributed by atoms with Gasteiger partial charge in [-0.05, 0) is 73.5 Å². The number of halogens is 1. The predicted octanol–water partition coefficient (Wildman–Crippen LogP) is 4.69. The quantitative estimate of drug-likeness (QED) is 0.869. The van der Waals surface area contributed by atoms with Gasteiger partial charge in [-0.15, -0.1) is 0 Å². The van der Waals surface area contributed by atoms with Gasteiger partial charge in [-0.25, -0.2) is 4.68 Å². The smallest absolute Gasteiger partial charge is 0.224 e. The summed E-state index contributed by atoms with van der Waals surface area (Å²) in [5.41, 5.74) is 1.23. The Morgan fingerprint density at radius 3 is 2.13 bits per heavy atom. The molecule has 0 aliphatic heterocycles. The molecule has 4 aliphatic carbocycles. The van der Waals surface area contributed by atoms with Crippen molar-refractivity contribution < 1.29 is 5.11 Å². The van der Waals surface area contributed by atoms with E-state index in [1.807, 2.05) is 18.3 Å². The molecule has 1 aromatic carbocycles. The van der Waals surface area contributed by atoms with Gasteiger partial charge in [0.2, 0.25) is 5.88 Å². The van der Waals surface area contributed by atoms with Crippen LogP contribution < -0.4 is 0 Å². The molecule has 0 saturated heterocycles. The molecule has 4 saturated carbocycles. The molecule has 0 unspecified atom stereocenters. The number of aromatic nitrogens is 2. The number of nitrogens with zero attached hydrogens (tertiary/aromatic N) is 2. The van der Waals surface area contributed by atoms with Crippen LogP contribution in [0.2, 0.25) is 5.02 Å². The normalized spacial score (nSPS) is 35.1. The fourth-order valence-electron chi connectivity index (χ4n) is 5.85. The first-order chi connectivity index (χ1) is 11.2. The van der Waals surface area contributed by atoms with Crippen LogP contribution in [0.15, 0.2) is 30.5 Å². The van der Waals surface area contributed by atoms with E-state index in [4.69, 9.17) is 11.6 Å². The minimum atomic E-state index is 0.455. The lowest BCUT2D eigenvalue weighted by atomic mass is 9.54. The molecule has 23 heavy (non-hydrogen) atoms. The van der Waals surface area contributed by atoms with Crippen molar-refractivity contribution in [2.24, 2.45) is 23.7 Å². The standard InChI is InChI=1S/C19H23ClN2O/c20-17-3-1-12(2-4-17)10-21-11-18(23)22(21)19-15-6-13-5-14(8-15)9-16(19)7-13/h1-4,11,13-16,19,23H,5-10H2. The van der Waals surface area contributed by atoms with E-state index in [0.29, 0.717) is 11.9 Å².